The molecule has 4 atom stereocenters. The van der Waals surface area contributed by atoms with Gasteiger partial charge in [-0.3, -0.25) is 9.59 Å². The van der Waals surface area contributed by atoms with Crippen molar-refractivity contribution in [3.05, 3.63) is 0 Å². The van der Waals surface area contributed by atoms with Crippen LogP contribution in [0.3, 0.4) is 0 Å². The summed E-state index contributed by atoms with van der Waals surface area (Å²) in [6.07, 6.45) is 2.93. The standard InChI is InChI=1S/C16H22O7/c1-9(2)14(18)20-7-13(17)21-8-22-16-4-10-3-11(5-16)15(19)23-12(10)6-16/h9-12H,3-8H2,1-2H3. The second kappa shape index (κ2) is 6.11. The third kappa shape index (κ3) is 3.34. The van der Waals surface area contributed by atoms with E-state index < -0.39 is 24.1 Å². The van der Waals surface area contributed by atoms with Gasteiger partial charge in [0.2, 0.25) is 0 Å². The smallest absolute Gasteiger partial charge is 0.346 e. The van der Waals surface area contributed by atoms with Crippen molar-refractivity contribution >= 4 is 17.9 Å². The summed E-state index contributed by atoms with van der Waals surface area (Å²) < 4.78 is 21.0. The Morgan fingerprint density at radius 1 is 1.26 bits per heavy atom. The van der Waals surface area contributed by atoms with Crippen LogP contribution in [0.15, 0.2) is 0 Å². The maximum Gasteiger partial charge on any atom is 0.346 e. The van der Waals surface area contributed by atoms with Crippen LogP contribution in [0.1, 0.15) is 39.5 Å². The van der Waals surface area contributed by atoms with Gasteiger partial charge in [0.25, 0.3) is 0 Å². The number of hydrogen-bond acceptors (Lipinski definition) is 7. The molecule has 0 aromatic heterocycles. The fourth-order valence-electron chi connectivity index (χ4n) is 3.82. The summed E-state index contributed by atoms with van der Waals surface area (Å²) in [5, 5.41) is 0. The Morgan fingerprint density at radius 3 is 2.78 bits per heavy atom. The van der Waals surface area contributed by atoms with E-state index in [0.717, 1.165) is 12.8 Å². The fourth-order valence-corrected chi connectivity index (χ4v) is 3.82. The lowest BCUT2D eigenvalue weighted by molar-refractivity contribution is -0.186. The van der Waals surface area contributed by atoms with E-state index in [9.17, 15) is 14.4 Å². The topological polar surface area (TPSA) is 88.1 Å². The highest BCUT2D eigenvalue weighted by Gasteiger charge is 2.58. The molecule has 0 aromatic carbocycles. The van der Waals surface area contributed by atoms with Crippen molar-refractivity contribution in [1.29, 1.82) is 0 Å². The van der Waals surface area contributed by atoms with E-state index in [-0.39, 0.29) is 30.7 Å². The highest BCUT2D eigenvalue weighted by Crippen LogP contribution is 2.54. The van der Waals surface area contributed by atoms with Crippen LogP contribution in [0.25, 0.3) is 0 Å². The van der Waals surface area contributed by atoms with Gasteiger partial charge in [-0.2, -0.15) is 0 Å². The van der Waals surface area contributed by atoms with Crippen molar-refractivity contribution in [3.63, 3.8) is 0 Å². The van der Waals surface area contributed by atoms with Crippen molar-refractivity contribution in [3.8, 4) is 0 Å². The SMILES string of the molecule is CC(C)C(=O)OCC(=O)OCOC12CC3CC(C1)C(C2)OC3=O. The third-order valence-corrected chi connectivity index (χ3v) is 4.93. The van der Waals surface area contributed by atoms with Gasteiger partial charge < -0.3 is 18.9 Å². The first-order valence-electron chi connectivity index (χ1n) is 8.05. The highest BCUT2D eigenvalue weighted by molar-refractivity contribution is 5.77. The molecule has 4 unspecified atom stereocenters. The first-order valence-corrected chi connectivity index (χ1v) is 8.05. The Kier molecular flexibility index (Phi) is 4.31. The lowest BCUT2D eigenvalue weighted by Crippen LogP contribution is -2.41. The first-order chi connectivity index (χ1) is 10.9. The maximum absolute atomic E-state index is 11.8. The van der Waals surface area contributed by atoms with Gasteiger partial charge in [-0.1, -0.05) is 13.8 Å². The molecular formula is C16H22O7. The van der Waals surface area contributed by atoms with Crippen LogP contribution in [0.4, 0.5) is 0 Å². The van der Waals surface area contributed by atoms with Gasteiger partial charge in [0.05, 0.1) is 17.4 Å². The van der Waals surface area contributed by atoms with Gasteiger partial charge in [-0.25, -0.2) is 4.79 Å². The average molecular weight is 326 g/mol. The van der Waals surface area contributed by atoms with Gasteiger partial charge in [-0.05, 0) is 25.2 Å². The van der Waals surface area contributed by atoms with Crippen LogP contribution in [-0.4, -0.2) is 43.0 Å². The Balaban J connectivity index is 1.44. The minimum atomic E-state index is -0.643. The first kappa shape index (κ1) is 16.2. The molecule has 23 heavy (non-hydrogen) atoms. The quantitative estimate of drug-likeness (QED) is 0.411. The molecule has 3 fully saturated rings. The van der Waals surface area contributed by atoms with E-state index in [1.54, 1.807) is 13.8 Å². The van der Waals surface area contributed by atoms with Crippen molar-refractivity contribution in [2.24, 2.45) is 17.8 Å². The van der Waals surface area contributed by atoms with Crippen LogP contribution in [0, 0.1) is 17.8 Å². The predicted molar refractivity (Wildman–Crippen MR) is 75.9 cm³/mol. The zero-order chi connectivity index (χ0) is 16.6. The summed E-state index contributed by atoms with van der Waals surface area (Å²) in [5.74, 6) is -1.25. The van der Waals surface area contributed by atoms with E-state index in [0.29, 0.717) is 18.8 Å². The molecule has 128 valence electrons. The molecule has 1 heterocycles. The number of hydrogen-bond donors (Lipinski definition) is 0. The van der Waals surface area contributed by atoms with E-state index in [1.807, 2.05) is 0 Å². The predicted octanol–water partition coefficient (Wildman–Crippen LogP) is 1.19. The van der Waals surface area contributed by atoms with Gasteiger partial charge in [0.15, 0.2) is 13.4 Å². The summed E-state index contributed by atoms with van der Waals surface area (Å²) in [4.78, 5) is 34.6. The minimum absolute atomic E-state index is 0.0658. The molecule has 0 radical (unpaired) electrons. The fraction of sp³-hybridized carbons (Fsp3) is 0.812. The number of carbonyl (C=O) groups is 3. The van der Waals surface area contributed by atoms with E-state index in [4.69, 9.17) is 18.9 Å². The summed E-state index contributed by atoms with van der Waals surface area (Å²) >= 11 is 0. The normalized spacial score (nSPS) is 34.4. The molecule has 3 rings (SSSR count). The van der Waals surface area contributed by atoms with E-state index in [1.165, 1.54) is 0 Å². The van der Waals surface area contributed by atoms with E-state index >= 15 is 0 Å². The lowest BCUT2D eigenvalue weighted by atomic mass is 9.77. The number of carbonyl (C=O) groups excluding carboxylic acids is 3. The van der Waals surface area contributed by atoms with E-state index in [2.05, 4.69) is 0 Å². The minimum Gasteiger partial charge on any atom is -0.462 e. The molecule has 1 aliphatic heterocycles. The summed E-state index contributed by atoms with van der Waals surface area (Å²) in [6.45, 7) is 2.77. The molecule has 3 bridgehead atoms. The second-order valence-corrected chi connectivity index (χ2v) is 7.00. The van der Waals surface area contributed by atoms with Crippen LogP contribution < -0.4 is 0 Å². The van der Waals surface area contributed by atoms with Gasteiger partial charge >= 0.3 is 17.9 Å². The molecule has 7 heteroatoms. The number of ether oxygens (including phenoxy) is 4. The summed E-state index contributed by atoms with van der Waals surface area (Å²) in [5.41, 5.74) is -0.431. The van der Waals surface area contributed by atoms with Crippen LogP contribution in [0.2, 0.25) is 0 Å². The summed E-state index contributed by atoms with van der Waals surface area (Å²) in [6, 6.07) is 0. The highest BCUT2D eigenvalue weighted by atomic mass is 16.7. The monoisotopic (exact) mass is 326 g/mol. The zero-order valence-electron chi connectivity index (χ0n) is 13.4. The second-order valence-electron chi connectivity index (χ2n) is 7.00. The molecule has 1 saturated heterocycles. The Bertz CT molecular complexity index is 515. The molecule has 0 spiro atoms. The van der Waals surface area contributed by atoms with Gasteiger partial charge in [0.1, 0.15) is 6.10 Å². The molecule has 0 aromatic rings. The molecule has 0 N–H and O–H groups in total. The number of fused-ring (bicyclic) bond motifs is 2. The van der Waals surface area contributed by atoms with Crippen molar-refractivity contribution < 1.29 is 33.3 Å². The molecule has 7 nitrogen and oxygen atoms in total. The Hall–Kier alpha value is -1.63. The number of rotatable bonds is 6. The lowest BCUT2D eigenvalue weighted by Gasteiger charge is -2.37. The number of esters is 3. The third-order valence-electron chi connectivity index (χ3n) is 4.93. The average Bonchev–Trinajstić information content (AvgIpc) is 2.68. The Morgan fingerprint density at radius 2 is 2.04 bits per heavy atom. The van der Waals surface area contributed by atoms with Gasteiger partial charge in [0, 0.05) is 6.42 Å². The zero-order valence-corrected chi connectivity index (χ0v) is 13.4. The largest absolute Gasteiger partial charge is 0.462 e. The van der Waals surface area contributed by atoms with Crippen LogP contribution in [-0.2, 0) is 33.3 Å². The van der Waals surface area contributed by atoms with Crippen LogP contribution in [0.5, 0.6) is 0 Å². The molecule has 2 saturated carbocycles. The Labute approximate surface area is 134 Å². The molecule has 3 aliphatic rings. The van der Waals surface area contributed by atoms with Crippen molar-refractivity contribution in [2.75, 3.05) is 13.4 Å². The van der Waals surface area contributed by atoms with Crippen LogP contribution >= 0.6 is 0 Å². The summed E-state index contributed by atoms with van der Waals surface area (Å²) in [7, 11) is 0. The molecule has 0 amide bonds. The maximum atomic E-state index is 11.8. The van der Waals surface area contributed by atoms with Gasteiger partial charge in [-0.15, -0.1) is 0 Å². The molecule has 2 aliphatic carbocycles. The van der Waals surface area contributed by atoms with Crippen molar-refractivity contribution in [1.82, 2.24) is 0 Å². The van der Waals surface area contributed by atoms with Crippen molar-refractivity contribution in [2.45, 2.75) is 51.2 Å². The molecular weight excluding hydrogens is 304 g/mol.